The molecule has 0 aliphatic carbocycles. The molecule has 1 N–H and O–H groups in total. The fourth-order valence-electron chi connectivity index (χ4n) is 8.56. The van der Waals surface area contributed by atoms with Crippen LogP contribution in [0.1, 0.15) is 66.3 Å². The lowest BCUT2D eigenvalue weighted by Crippen LogP contribution is -2.46. The van der Waals surface area contributed by atoms with Gasteiger partial charge in [0, 0.05) is 25.2 Å². The van der Waals surface area contributed by atoms with Crippen molar-refractivity contribution in [2.75, 3.05) is 41.3 Å². The fourth-order valence-corrected chi connectivity index (χ4v) is 8.56. The summed E-state index contributed by atoms with van der Waals surface area (Å²) in [4.78, 5) is 49.8. The zero-order valence-corrected chi connectivity index (χ0v) is 30.5. The van der Waals surface area contributed by atoms with Gasteiger partial charge in [0.1, 0.15) is 17.9 Å². The highest BCUT2D eigenvalue weighted by atomic mass is 16.2. The summed E-state index contributed by atoms with van der Waals surface area (Å²) in [5.41, 5.74) is 9.37. The van der Waals surface area contributed by atoms with Crippen LogP contribution < -0.4 is 0 Å². The van der Waals surface area contributed by atoms with Gasteiger partial charge in [0.2, 0.25) is 11.8 Å². The summed E-state index contributed by atoms with van der Waals surface area (Å²) < 4.78 is 0. The largest absolute Gasteiger partial charge is 0.340 e. The number of likely N-dealkylation sites (tertiary alicyclic amines) is 2. The molecule has 4 atom stereocenters. The second-order valence-corrected chi connectivity index (χ2v) is 14.9. The summed E-state index contributed by atoms with van der Waals surface area (Å²) >= 11 is 0. The lowest BCUT2D eigenvalue weighted by atomic mass is 9.98. The molecule has 9 nitrogen and oxygen atoms in total. The Labute approximate surface area is 306 Å². The van der Waals surface area contributed by atoms with Crippen LogP contribution in [0, 0.1) is 0 Å². The number of carbonyl (C=O) groups is 2. The standard InChI is InChI=1S/C43H47N7O2/c1-47(2)39(28-13-7-5-8-14-28)42(51)49-23-11-17-37(49)36-27-32-25-30(19-21-33(32)44-36)31-20-22-34-35(26-31)46-41(45-34)38-18-12-24-50(38)43(52)40(48(3)4)29-15-9-6-10-16-29/h5-10,13-16,19-22,25-26,37-40H,11-12,17-18,23-24,27H2,1-4H3,(H,45,46)/t37-,38-,39+,40+/m0/s1. The third-order valence-corrected chi connectivity index (χ3v) is 11.1. The lowest BCUT2D eigenvalue weighted by Gasteiger charge is -2.32. The first-order valence-electron chi connectivity index (χ1n) is 18.5. The predicted octanol–water partition coefficient (Wildman–Crippen LogP) is 7.12. The fraction of sp³-hybridized carbons (Fsp3) is 0.349. The van der Waals surface area contributed by atoms with Crippen molar-refractivity contribution in [3.63, 3.8) is 0 Å². The van der Waals surface area contributed by atoms with E-state index in [1.54, 1.807) is 0 Å². The Balaban J connectivity index is 0.995. The molecule has 2 amide bonds. The minimum atomic E-state index is -0.344. The second kappa shape index (κ2) is 14.1. The minimum absolute atomic E-state index is 0.0111. The molecule has 0 unspecified atom stereocenters. The number of aromatic amines is 1. The molecule has 4 heterocycles. The molecule has 52 heavy (non-hydrogen) atoms. The molecule has 3 aliphatic heterocycles. The molecule has 2 saturated heterocycles. The average Bonchev–Trinajstić information content (AvgIpc) is 3.97. The first kappa shape index (κ1) is 34.0. The Hall–Kier alpha value is -5.12. The molecule has 9 heteroatoms. The van der Waals surface area contributed by atoms with E-state index in [1.807, 2.05) is 104 Å². The van der Waals surface area contributed by atoms with Crippen LogP contribution in [0.4, 0.5) is 5.69 Å². The molecule has 2 fully saturated rings. The average molecular weight is 694 g/mol. The van der Waals surface area contributed by atoms with Crippen LogP contribution >= 0.6 is 0 Å². The van der Waals surface area contributed by atoms with E-state index in [1.165, 1.54) is 5.56 Å². The van der Waals surface area contributed by atoms with Crippen molar-refractivity contribution in [3.05, 3.63) is 120 Å². The Morgan fingerprint density at radius 1 is 0.712 bits per heavy atom. The molecule has 1 aromatic heterocycles. The number of imidazole rings is 1. The van der Waals surface area contributed by atoms with Crippen LogP contribution in [-0.2, 0) is 16.0 Å². The predicted molar refractivity (Wildman–Crippen MR) is 206 cm³/mol. The van der Waals surface area contributed by atoms with E-state index < -0.39 is 0 Å². The van der Waals surface area contributed by atoms with E-state index in [0.29, 0.717) is 0 Å². The van der Waals surface area contributed by atoms with Gasteiger partial charge >= 0.3 is 0 Å². The molecule has 0 bridgehead atoms. The third kappa shape index (κ3) is 6.33. The summed E-state index contributed by atoms with van der Waals surface area (Å²) in [6, 6.07) is 32.2. The zero-order valence-electron chi connectivity index (χ0n) is 30.5. The highest BCUT2D eigenvalue weighted by Crippen LogP contribution is 2.38. The van der Waals surface area contributed by atoms with Crippen molar-refractivity contribution < 1.29 is 9.59 Å². The first-order chi connectivity index (χ1) is 25.3. The van der Waals surface area contributed by atoms with E-state index in [-0.39, 0.29) is 36.0 Å². The second-order valence-electron chi connectivity index (χ2n) is 14.9. The highest BCUT2D eigenvalue weighted by Gasteiger charge is 2.39. The van der Waals surface area contributed by atoms with Crippen LogP contribution in [0.5, 0.6) is 0 Å². The summed E-state index contributed by atoms with van der Waals surface area (Å²) in [6.45, 7) is 1.47. The van der Waals surface area contributed by atoms with Crippen LogP contribution in [0.25, 0.3) is 22.2 Å². The molecule has 5 aromatic rings. The zero-order chi connectivity index (χ0) is 35.9. The number of likely N-dealkylation sites (N-methyl/N-ethyl adjacent to an activating group) is 2. The number of benzene rings is 4. The van der Waals surface area contributed by atoms with E-state index in [2.05, 4.69) is 46.3 Å². The molecule has 0 spiro atoms. The normalized spacial score (nSPS) is 19.8. The number of nitrogens with one attached hydrogen (secondary N) is 1. The molecular formula is C43H47N7O2. The SMILES string of the molecule is CN(C)[C@@H](C(=O)N1CCC[C@H]1C1=Nc2ccc(-c3ccc4nc([C@@H]5CCCN5C(=O)[C@@H](c5ccccc5)N(C)C)[nH]c4c3)cc2C1)c1ccccc1. The number of hydrogen-bond donors (Lipinski definition) is 1. The molecule has 8 rings (SSSR count). The summed E-state index contributed by atoms with van der Waals surface area (Å²) in [7, 11) is 7.88. The number of carbonyl (C=O) groups excluding carboxylic acids is 2. The number of aromatic nitrogens is 2. The van der Waals surface area contributed by atoms with Gasteiger partial charge in [-0.2, -0.15) is 0 Å². The number of hydrogen-bond acceptors (Lipinski definition) is 6. The van der Waals surface area contributed by atoms with Crippen LogP contribution in [-0.4, -0.2) is 94.4 Å². The smallest absolute Gasteiger partial charge is 0.245 e. The van der Waals surface area contributed by atoms with Crippen molar-refractivity contribution in [1.82, 2.24) is 29.6 Å². The number of aliphatic imine (C=N–C) groups is 1. The Bertz CT molecular complexity index is 2120. The Morgan fingerprint density at radius 2 is 1.27 bits per heavy atom. The van der Waals surface area contributed by atoms with Crippen molar-refractivity contribution >= 4 is 34.2 Å². The monoisotopic (exact) mass is 693 g/mol. The van der Waals surface area contributed by atoms with Crippen LogP contribution in [0.15, 0.2) is 102 Å². The Morgan fingerprint density at radius 3 is 1.88 bits per heavy atom. The summed E-state index contributed by atoms with van der Waals surface area (Å²) in [5, 5.41) is 0. The molecule has 266 valence electrons. The van der Waals surface area contributed by atoms with Gasteiger partial charge in [0.15, 0.2) is 0 Å². The molecule has 0 saturated carbocycles. The van der Waals surface area contributed by atoms with Crippen molar-refractivity contribution in [2.45, 2.75) is 56.3 Å². The maximum absolute atomic E-state index is 14.0. The van der Waals surface area contributed by atoms with Crippen molar-refractivity contribution in [1.29, 1.82) is 0 Å². The molecule has 3 aliphatic rings. The molecule has 0 radical (unpaired) electrons. The van der Waals surface area contributed by atoms with Gasteiger partial charge in [-0.05, 0) is 106 Å². The van der Waals surface area contributed by atoms with Gasteiger partial charge in [-0.25, -0.2) is 4.98 Å². The summed E-state index contributed by atoms with van der Waals surface area (Å²) in [5.74, 6) is 1.09. The highest BCUT2D eigenvalue weighted by molar-refractivity contribution is 6.01. The van der Waals surface area contributed by atoms with E-state index >= 15 is 0 Å². The maximum Gasteiger partial charge on any atom is 0.245 e. The van der Waals surface area contributed by atoms with Gasteiger partial charge in [-0.3, -0.25) is 24.4 Å². The quantitative estimate of drug-likeness (QED) is 0.178. The van der Waals surface area contributed by atoms with Gasteiger partial charge in [0.25, 0.3) is 0 Å². The molecular weight excluding hydrogens is 647 g/mol. The van der Waals surface area contributed by atoms with E-state index in [0.717, 1.165) is 95.7 Å². The van der Waals surface area contributed by atoms with E-state index in [4.69, 9.17) is 9.98 Å². The Kier molecular flexibility index (Phi) is 9.23. The van der Waals surface area contributed by atoms with Crippen molar-refractivity contribution in [3.8, 4) is 11.1 Å². The number of nitrogens with zero attached hydrogens (tertiary/aromatic N) is 6. The van der Waals surface area contributed by atoms with Crippen LogP contribution in [0.2, 0.25) is 0 Å². The summed E-state index contributed by atoms with van der Waals surface area (Å²) in [6.07, 6.45) is 4.49. The van der Waals surface area contributed by atoms with Gasteiger partial charge in [0.05, 0.1) is 28.8 Å². The van der Waals surface area contributed by atoms with Gasteiger partial charge in [-0.1, -0.05) is 72.8 Å². The number of H-pyrrole nitrogens is 1. The first-order valence-corrected chi connectivity index (χ1v) is 18.5. The number of amides is 2. The van der Waals surface area contributed by atoms with Crippen molar-refractivity contribution in [2.24, 2.45) is 4.99 Å². The van der Waals surface area contributed by atoms with Crippen LogP contribution in [0.3, 0.4) is 0 Å². The lowest BCUT2D eigenvalue weighted by molar-refractivity contribution is -0.137. The van der Waals surface area contributed by atoms with E-state index in [9.17, 15) is 9.59 Å². The molecule has 4 aromatic carbocycles. The number of rotatable bonds is 9. The minimum Gasteiger partial charge on any atom is -0.340 e. The van der Waals surface area contributed by atoms with Gasteiger partial charge < -0.3 is 14.8 Å². The van der Waals surface area contributed by atoms with Gasteiger partial charge in [-0.15, -0.1) is 0 Å². The third-order valence-electron chi connectivity index (χ3n) is 11.1. The maximum atomic E-state index is 14.0. The number of fused-ring (bicyclic) bond motifs is 2. The topological polar surface area (TPSA) is 88.1 Å².